The van der Waals surface area contributed by atoms with Crippen molar-refractivity contribution in [2.75, 3.05) is 0 Å². The summed E-state index contributed by atoms with van der Waals surface area (Å²) in [6.45, 7) is 10.7. The molecule has 0 fully saturated rings. The summed E-state index contributed by atoms with van der Waals surface area (Å²) in [6, 6.07) is 0. The van der Waals surface area contributed by atoms with Crippen LogP contribution in [0, 0.1) is 5.41 Å². The predicted octanol–water partition coefficient (Wildman–Crippen LogP) is 2.59. The van der Waals surface area contributed by atoms with E-state index in [1.54, 1.807) is 20.8 Å². The summed E-state index contributed by atoms with van der Waals surface area (Å²) in [4.78, 5) is 22.7. The lowest BCUT2D eigenvalue weighted by Crippen LogP contribution is -2.39. The average Bonchev–Trinajstić information content (AvgIpc) is 2.00. The number of carboxylic acid groups (broad SMARTS) is 1. The number of rotatable bonds is 4. The Bertz CT molecular complexity index is 263. The first-order valence-corrected chi connectivity index (χ1v) is 5.82. The topological polar surface area (TPSA) is 54.4 Å². The SMILES string of the molecule is CC(SC(C)(C)C(=O)C(C)(C)C)C(=O)O. The van der Waals surface area contributed by atoms with Crippen molar-refractivity contribution in [3.63, 3.8) is 0 Å². The minimum atomic E-state index is -0.880. The lowest BCUT2D eigenvalue weighted by molar-refractivity contribution is -0.136. The zero-order chi connectivity index (χ0) is 12.4. The molecule has 1 atom stereocenters. The third kappa shape index (κ3) is 4.24. The van der Waals surface area contributed by atoms with Gasteiger partial charge in [-0.25, -0.2) is 0 Å². The summed E-state index contributed by atoms with van der Waals surface area (Å²) >= 11 is 1.20. The highest BCUT2D eigenvalue weighted by Crippen LogP contribution is 2.35. The molecule has 0 rings (SSSR count). The Morgan fingerprint density at radius 3 is 1.80 bits per heavy atom. The first-order valence-electron chi connectivity index (χ1n) is 4.94. The van der Waals surface area contributed by atoms with Crippen LogP contribution in [0.1, 0.15) is 41.5 Å². The number of Topliss-reactive ketones (excluding diaryl/α,β-unsaturated/α-hetero) is 1. The number of hydrogen-bond donors (Lipinski definition) is 1. The summed E-state index contributed by atoms with van der Waals surface area (Å²) in [5.74, 6) is -0.803. The van der Waals surface area contributed by atoms with Gasteiger partial charge in [0.1, 0.15) is 5.25 Å². The van der Waals surface area contributed by atoms with Gasteiger partial charge in [-0.05, 0) is 20.8 Å². The summed E-state index contributed by atoms with van der Waals surface area (Å²) < 4.78 is -0.657. The van der Waals surface area contributed by atoms with Gasteiger partial charge in [0.25, 0.3) is 0 Å². The van der Waals surface area contributed by atoms with Crippen LogP contribution < -0.4 is 0 Å². The van der Waals surface area contributed by atoms with E-state index in [-0.39, 0.29) is 5.78 Å². The van der Waals surface area contributed by atoms with E-state index in [1.165, 1.54) is 11.8 Å². The zero-order valence-electron chi connectivity index (χ0n) is 10.2. The van der Waals surface area contributed by atoms with Crippen LogP contribution >= 0.6 is 11.8 Å². The molecule has 1 N–H and O–H groups in total. The molecule has 0 aromatic rings. The first kappa shape index (κ1) is 14.5. The highest BCUT2D eigenvalue weighted by atomic mass is 32.2. The summed E-state index contributed by atoms with van der Waals surface area (Å²) in [5.41, 5.74) is -0.436. The molecule has 0 heterocycles. The summed E-state index contributed by atoms with van der Waals surface area (Å²) in [5, 5.41) is 8.23. The Kier molecular flexibility index (Phi) is 4.40. The van der Waals surface area contributed by atoms with Gasteiger partial charge >= 0.3 is 5.97 Å². The highest BCUT2D eigenvalue weighted by molar-refractivity contribution is 8.02. The smallest absolute Gasteiger partial charge is 0.316 e. The maximum atomic E-state index is 12.0. The Morgan fingerprint density at radius 1 is 1.13 bits per heavy atom. The fourth-order valence-electron chi connectivity index (χ4n) is 1.45. The monoisotopic (exact) mass is 232 g/mol. The van der Waals surface area contributed by atoms with E-state index in [0.29, 0.717) is 0 Å². The minimum absolute atomic E-state index is 0.0769. The van der Waals surface area contributed by atoms with Crippen LogP contribution in [0.2, 0.25) is 0 Å². The lowest BCUT2D eigenvalue weighted by Gasteiger charge is -2.31. The quantitative estimate of drug-likeness (QED) is 0.809. The molecule has 0 radical (unpaired) electrons. The van der Waals surface area contributed by atoms with Gasteiger partial charge in [0.05, 0.1) is 4.75 Å². The number of thioether (sulfide) groups is 1. The van der Waals surface area contributed by atoms with E-state index in [1.807, 2.05) is 20.8 Å². The van der Waals surface area contributed by atoms with Gasteiger partial charge in [0, 0.05) is 5.41 Å². The molecule has 0 aromatic heterocycles. The largest absolute Gasteiger partial charge is 0.480 e. The second-order valence-electron chi connectivity index (χ2n) is 5.19. The van der Waals surface area contributed by atoms with Crippen molar-refractivity contribution in [3.8, 4) is 0 Å². The van der Waals surface area contributed by atoms with Gasteiger partial charge < -0.3 is 5.11 Å². The average molecular weight is 232 g/mol. The second kappa shape index (κ2) is 4.56. The van der Waals surface area contributed by atoms with Gasteiger partial charge in [-0.15, -0.1) is 11.8 Å². The minimum Gasteiger partial charge on any atom is -0.480 e. The maximum absolute atomic E-state index is 12.0. The van der Waals surface area contributed by atoms with Crippen molar-refractivity contribution in [1.82, 2.24) is 0 Å². The van der Waals surface area contributed by atoms with Crippen LogP contribution in [0.4, 0.5) is 0 Å². The number of carbonyl (C=O) groups excluding carboxylic acids is 1. The molecule has 3 nitrogen and oxygen atoms in total. The number of aliphatic carboxylic acids is 1. The predicted molar refractivity (Wildman–Crippen MR) is 63.2 cm³/mol. The normalized spacial score (nSPS) is 14.8. The molecule has 0 aliphatic carbocycles. The lowest BCUT2D eigenvalue weighted by atomic mass is 9.84. The van der Waals surface area contributed by atoms with Crippen molar-refractivity contribution < 1.29 is 14.7 Å². The number of carboxylic acids is 1. The van der Waals surface area contributed by atoms with E-state index >= 15 is 0 Å². The van der Waals surface area contributed by atoms with E-state index in [0.717, 1.165) is 0 Å². The Hall–Kier alpha value is -0.510. The molecule has 15 heavy (non-hydrogen) atoms. The molecular weight excluding hydrogens is 212 g/mol. The third-order valence-corrected chi connectivity index (χ3v) is 3.38. The summed E-state index contributed by atoms with van der Waals surface area (Å²) in [7, 11) is 0. The first-order chi connectivity index (χ1) is 6.48. The number of hydrogen-bond acceptors (Lipinski definition) is 3. The number of ketones is 1. The third-order valence-electron chi connectivity index (χ3n) is 2.05. The van der Waals surface area contributed by atoms with Gasteiger partial charge in [0.2, 0.25) is 0 Å². The highest BCUT2D eigenvalue weighted by Gasteiger charge is 2.38. The molecule has 0 aliphatic heterocycles. The van der Waals surface area contributed by atoms with Gasteiger partial charge in [-0.1, -0.05) is 20.8 Å². The summed E-state index contributed by atoms with van der Waals surface area (Å²) in [6.07, 6.45) is 0. The van der Waals surface area contributed by atoms with Crippen LogP contribution in [0.5, 0.6) is 0 Å². The van der Waals surface area contributed by atoms with Crippen molar-refractivity contribution in [1.29, 1.82) is 0 Å². The molecular formula is C11H20O3S. The molecule has 0 saturated carbocycles. The van der Waals surface area contributed by atoms with Gasteiger partial charge in [0.15, 0.2) is 5.78 Å². The van der Waals surface area contributed by atoms with E-state index in [4.69, 9.17) is 5.11 Å². The van der Waals surface area contributed by atoms with Gasteiger partial charge in [-0.3, -0.25) is 9.59 Å². The second-order valence-corrected chi connectivity index (χ2v) is 7.15. The van der Waals surface area contributed by atoms with E-state index in [9.17, 15) is 9.59 Å². The van der Waals surface area contributed by atoms with Crippen LogP contribution in [0.15, 0.2) is 0 Å². The Labute approximate surface area is 95.6 Å². The van der Waals surface area contributed by atoms with Crippen molar-refractivity contribution in [2.45, 2.75) is 51.5 Å². The Morgan fingerprint density at radius 2 is 1.53 bits per heavy atom. The molecule has 1 unspecified atom stereocenters. The molecule has 0 bridgehead atoms. The van der Waals surface area contributed by atoms with Crippen molar-refractivity contribution >= 4 is 23.5 Å². The zero-order valence-corrected chi connectivity index (χ0v) is 11.1. The molecule has 88 valence electrons. The van der Waals surface area contributed by atoms with Crippen molar-refractivity contribution in [3.05, 3.63) is 0 Å². The van der Waals surface area contributed by atoms with Crippen LogP contribution in [0.25, 0.3) is 0 Å². The van der Waals surface area contributed by atoms with E-state index in [2.05, 4.69) is 0 Å². The fraction of sp³-hybridized carbons (Fsp3) is 0.818. The Balaban J connectivity index is 4.70. The standard InChI is InChI=1S/C11H20O3S/c1-7(8(12)13)15-11(5,6)9(14)10(2,3)4/h7H,1-6H3,(H,12,13). The molecule has 0 saturated heterocycles. The van der Waals surface area contributed by atoms with Crippen LogP contribution in [-0.4, -0.2) is 26.9 Å². The van der Waals surface area contributed by atoms with Crippen LogP contribution in [0.3, 0.4) is 0 Å². The maximum Gasteiger partial charge on any atom is 0.316 e. The fourth-order valence-corrected chi connectivity index (χ4v) is 2.85. The molecule has 0 aliphatic rings. The molecule has 4 heteroatoms. The van der Waals surface area contributed by atoms with Gasteiger partial charge in [-0.2, -0.15) is 0 Å². The molecule has 0 amide bonds. The van der Waals surface area contributed by atoms with Crippen molar-refractivity contribution in [2.24, 2.45) is 5.41 Å². The van der Waals surface area contributed by atoms with Crippen LogP contribution in [-0.2, 0) is 9.59 Å². The number of carbonyl (C=O) groups is 2. The van der Waals surface area contributed by atoms with E-state index < -0.39 is 21.4 Å². The molecule has 0 aromatic carbocycles. The molecule has 0 spiro atoms.